The lowest BCUT2D eigenvalue weighted by Crippen LogP contribution is -2.57. The SMILES string of the molecule is COc1ccc(NC(=O)Nc2ccc3cc(C(=O)NC4CN5CCC4CC5)oc3c2)cc1. The maximum Gasteiger partial charge on any atom is 0.323 e. The van der Waals surface area contributed by atoms with Gasteiger partial charge in [0.05, 0.1) is 7.11 Å². The predicted molar refractivity (Wildman–Crippen MR) is 122 cm³/mol. The zero-order valence-electron chi connectivity index (χ0n) is 17.9. The number of nitrogens with one attached hydrogen (secondary N) is 3. The van der Waals surface area contributed by atoms with Crippen LogP contribution in [0.1, 0.15) is 23.4 Å². The van der Waals surface area contributed by atoms with Crippen molar-refractivity contribution < 1.29 is 18.7 Å². The molecule has 3 saturated heterocycles. The van der Waals surface area contributed by atoms with E-state index < -0.39 is 0 Å². The standard InChI is InChI=1S/C24H26N4O4/c1-31-19-6-4-17(5-7-19)25-24(30)26-18-3-2-16-12-22(32-21(16)13-18)23(29)27-20-14-28-10-8-15(20)9-11-28/h2-7,12-13,15,20H,8-11,14H2,1H3,(H,27,29)(H2,25,26,30). The zero-order valence-corrected chi connectivity index (χ0v) is 17.9. The summed E-state index contributed by atoms with van der Waals surface area (Å²) in [6, 6.07) is 13.9. The molecular weight excluding hydrogens is 408 g/mol. The first-order chi connectivity index (χ1) is 15.6. The minimum atomic E-state index is -0.374. The van der Waals surface area contributed by atoms with Crippen LogP contribution in [0.5, 0.6) is 5.75 Å². The van der Waals surface area contributed by atoms with E-state index in [-0.39, 0.29) is 23.7 Å². The molecule has 1 aromatic heterocycles. The second kappa shape index (κ2) is 8.55. The number of nitrogens with zero attached hydrogens (tertiary/aromatic N) is 1. The number of benzene rings is 2. The van der Waals surface area contributed by atoms with Gasteiger partial charge in [0.2, 0.25) is 0 Å². The van der Waals surface area contributed by atoms with Crippen molar-refractivity contribution in [3.63, 3.8) is 0 Å². The molecule has 1 atom stereocenters. The molecule has 3 aliphatic heterocycles. The first kappa shape index (κ1) is 20.4. The van der Waals surface area contributed by atoms with Crippen LogP contribution in [0.4, 0.5) is 16.2 Å². The monoisotopic (exact) mass is 434 g/mol. The summed E-state index contributed by atoms with van der Waals surface area (Å²) in [4.78, 5) is 27.5. The van der Waals surface area contributed by atoms with Gasteiger partial charge < -0.3 is 30.0 Å². The van der Waals surface area contributed by atoms with Crippen LogP contribution >= 0.6 is 0 Å². The fourth-order valence-electron chi connectivity index (χ4n) is 4.56. The number of anilines is 2. The van der Waals surface area contributed by atoms with Crippen molar-refractivity contribution in [2.45, 2.75) is 18.9 Å². The van der Waals surface area contributed by atoms with Crippen LogP contribution in [0.2, 0.25) is 0 Å². The number of piperidine rings is 3. The third-order valence-corrected chi connectivity index (χ3v) is 6.32. The number of rotatable bonds is 5. The van der Waals surface area contributed by atoms with E-state index in [0.29, 0.717) is 28.6 Å². The number of urea groups is 1. The summed E-state index contributed by atoms with van der Waals surface area (Å²) in [5.41, 5.74) is 1.77. The first-order valence-corrected chi connectivity index (χ1v) is 10.9. The summed E-state index contributed by atoms with van der Waals surface area (Å²) in [5.74, 6) is 1.36. The fourth-order valence-corrected chi connectivity index (χ4v) is 4.56. The second-order valence-corrected chi connectivity index (χ2v) is 8.39. The van der Waals surface area contributed by atoms with Crippen molar-refractivity contribution in [2.24, 2.45) is 5.92 Å². The van der Waals surface area contributed by atoms with Crippen molar-refractivity contribution in [1.82, 2.24) is 10.2 Å². The number of carbonyl (C=O) groups is 2. The lowest BCUT2D eigenvalue weighted by Gasteiger charge is -2.44. The number of carbonyl (C=O) groups excluding carboxylic acids is 2. The van der Waals surface area contributed by atoms with Crippen molar-refractivity contribution in [3.8, 4) is 5.75 Å². The molecule has 8 heteroatoms. The van der Waals surface area contributed by atoms with Crippen molar-refractivity contribution in [3.05, 3.63) is 54.3 Å². The zero-order chi connectivity index (χ0) is 22.1. The summed E-state index contributed by atoms with van der Waals surface area (Å²) < 4.78 is 10.9. The molecule has 3 N–H and O–H groups in total. The molecule has 0 aliphatic carbocycles. The van der Waals surface area contributed by atoms with Gasteiger partial charge in [-0.25, -0.2) is 4.79 Å². The fraction of sp³-hybridized carbons (Fsp3) is 0.333. The Bertz CT molecular complexity index is 1130. The Morgan fingerprint density at radius 3 is 2.41 bits per heavy atom. The van der Waals surface area contributed by atoms with E-state index in [1.165, 1.54) is 0 Å². The summed E-state index contributed by atoms with van der Waals surface area (Å²) in [7, 11) is 1.59. The molecule has 0 saturated carbocycles. The number of methoxy groups -OCH3 is 1. The molecule has 0 spiro atoms. The predicted octanol–water partition coefficient (Wildman–Crippen LogP) is 3.91. The summed E-state index contributed by atoms with van der Waals surface area (Å²) in [6.45, 7) is 3.17. The van der Waals surface area contributed by atoms with Crippen molar-refractivity contribution >= 4 is 34.3 Å². The molecule has 2 aromatic carbocycles. The third-order valence-electron chi connectivity index (χ3n) is 6.32. The molecule has 3 amide bonds. The Hall–Kier alpha value is -3.52. The molecule has 2 bridgehead atoms. The number of furan rings is 1. The number of hydrogen-bond donors (Lipinski definition) is 3. The van der Waals surface area contributed by atoms with Crippen LogP contribution in [0.25, 0.3) is 11.0 Å². The van der Waals surface area contributed by atoms with Crippen LogP contribution in [0.3, 0.4) is 0 Å². The lowest BCUT2D eigenvalue weighted by atomic mass is 9.84. The number of fused-ring (bicyclic) bond motifs is 4. The van der Waals surface area contributed by atoms with E-state index in [1.807, 2.05) is 6.07 Å². The second-order valence-electron chi connectivity index (χ2n) is 8.39. The highest BCUT2D eigenvalue weighted by Gasteiger charge is 2.35. The molecule has 4 heterocycles. The molecule has 1 unspecified atom stereocenters. The largest absolute Gasteiger partial charge is 0.497 e. The highest BCUT2D eigenvalue weighted by Crippen LogP contribution is 2.28. The van der Waals surface area contributed by atoms with E-state index in [0.717, 1.165) is 37.9 Å². The Morgan fingerprint density at radius 2 is 1.72 bits per heavy atom. The smallest absolute Gasteiger partial charge is 0.323 e. The highest BCUT2D eigenvalue weighted by atomic mass is 16.5. The van der Waals surface area contributed by atoms with E-state index in [1.54, 1.807) is 49.6 Å². The Kier molecular flexibility index (Phi) is 5.45. The maximum atomic E-state index is 12.8. The van der Waals surface area contributed by atoms with Crippen LogP contribution in [0, 0.1) is 5.92 Å². The Morgan fingerprint density at radius 1 is 1.00 bits per heavy atom. The van der Waals surface area contributed by atoms with Gasteiger partial charge in [-0.2, -0.15) is 0 Å². The maximum absolute atomic E-state index is 12.8. The van der Waals surface area contributed by atoms with E-state index >= 15 is 0 Å². The Balaban J connectivity index is 1.23. The Labute approximate surface area is 185 Å². The summed E-state index contributed by atoms with van der Waals surface area (Å²) >= 11 is 0. The highest BCUT2D eigenvalue weighted by molar-refractivity contribution is 6.01. The molecule has 166 valence electrons. The van der Waals surface area contributed by atoms with Gasteiger partial charge in [-0.05, 0) is 74.3 Å². The molecule has 8 nitrogen and oxygen atoms in total. The van der Waals surface area contributed by atoms with E-state index in [9.17, 15) is 9.59 Å². The van der Waals surface area contributed by atoms with Gasteiger partial charge in [-0.15, -0.1) is 0 Å². The first-order valence-electron chi connectivity index (χ1n) is 10.9. The number of ether oxygens (including phenoxy) is 1. The van der Waals surface area contributed by atoms with E-state index in [4.69, 9.17) is 9.15 Å². The van der Waals surface area contributed by atoms with Gasteiger partial charge in [-0.1, -0.05) is 0 Å². The topological polar surface area (TPSA) is 95.8 Å². The molecular formula is C24H26N4O4. The minimum Gasteiger partial charge on any atom is -0.497 e. The van der Waals surface area contributed by atoms with Crippen molar-refractivity contribution in [2.75, 3.05) is 37.4 Å². The molecule has 6 rings (SSSR count). The molecule has 3 fully saturated rings. The third kappa shape index (κ3) is 4.27. The average molecular weight is 434 g/mol. The normalized spacial score (nSPS) is 21.8. The van der Waals surface area contributed by atoms with Crippen molar-refractivity contribution in [1.29, 1.82) is 0 Å². The van der Waals surface area contributed by atoms with Crippen LogP contribution in [0.15, 0.2) is 52.9 Å². The molecule has 32 heavy (non-hydrogen) atoms. The quantitative estimate of drug-likeness (QED) is 0.566. The molecule has 3 aromatic rings. The molecule has 3 aliphatic rings. The molecule has 0 radical (unpaired) electrons. The summed E-state index contributed by atoms with van der Waals surface area (Å²) in [5, 5.41) is 9.51. The number of hydrogen-bond acceptors (Lipinski definition) is 5. The van der Waals surface area contributed by atoms with Gasteiger partial charge in [0.15, 0.2) is 5.76 Å². The minimum absolute atomic E-state index is 0.178. The van der Waals surface area contributed by atoms with Gasteiger partial charge in [0.1, 0.15) is 11.3 Å². The van der Waals surface area contributed by atoms with Gasteiger partial charge in [0, 0.05) is 35.4 Å². The lowest BCUT2D eigenvalue weighted by molar-refractivity contribution is 0.0607. The average Bonchev–Trinajstić information content (AvgIpc) is 3.24. The van der Waals surface area contributed by atoms with Crippen LogP contribution in [-0.4, -0.2) is 49.6 Å². The van der Waals surface area contributed by atoms with Crippen LogP contribution < -0.4 is 20.7 Å². The van der Waals surface area contributed by atoms with Gasteiger partial charge in [-0.3, -0.25) is 4.79 Å². The summed E-state index contributed by atoms with van der Waals surface area (Å²) in [6.07, 6.45) is 2.28. The number of amides is 3. The van der Waals surface area contributed by atoms with Gasteiger partial charge in [0.25, 0.3) is 5.91 Å². The van der Waals surface area contributed by atoms with Gasteiger partial charge >= 0.3 is 6.03 Å². The van der Waals surface area contributed by atoms with Crippen LogP contribution in [-0.2, 0) is 0 Å². The van der Waals surface area contributed by atoms with E-state index in [2.05, 4.69) is 20.9 Å².